The molecule has 0 aromatic heterocycles. The van der Waals surface area contributed by atoms with Crippen LogP contribution in [0.4, 0.5) is 0 Å². The topological polar surface area (TPSA) is 29.5 Å². The molecule has 0 saturated carbocycles. The van der Waals surface area contributed by atoms with Crippen LogP contribution in [0.3, 0.4) is 0 Å². The summed E-state index contributed by atoms with van der Waals surface area (Å²) in [6.07, 6.45) is 7.93. The molecule has 2 rings (SSSR count). The Morgan fingerprint density at radius 2 is 2.12 bits per heavy atom. The molecule has 0 bridgehead atoms. The van der Waals surface area contributed by atoms with Crippen LogP contribution in [0.25, 0.3) is 0 Å². The summed E-state index contributed by atoms with van der Waals surface area (Å²) < 4.78 is 5.30. The zero-order valence-corrected chi connectivity index (χ0v) is 9.98. The molecule has 0 radical (unpaired) electrons. The van der Waals surface area contributed by atoms with E-state index >= 15 is 0 Å². The van der Waals surface area contributed by atoms with E-state index in [1.807, 2.05) is 19.1 Å². The van der Waals surface area contributed by atoms with Gasteiger partial charge in [0.25, 0.3) is 0 Å². The Balaban J connectivity index is 2.18. The number of likely N-dealkylation sites (tertiary alicyclic amines) is 1. The van der Waals surface area contributed by atoms with Crippen LogP contribution in [0.5, 0.6) is 0 Å². The van der Waals surface area contributed by atoms with Crippen molar-refractivity contribution in [2.45, 2.75) is 32.8 Å². The third kappa shape index (κ3) is 2.13. The monoisotopic (exact) mass is 221 g/mol. The zero-order chi connectivity index (χ0) is 11.5. The summed E-state index contributed by atoms with van der Waals surface area (Å²) in [7, 11) is 0. The van der Waals surface area contributed by atoms with Gasteiger partial charge >= 0.3 is 5.97 Å². The van der Waals surface area contributed by atoms with E-state index in [2.05, 4.69) is 11.8 Å². The van der Waals surface area contributed by atoms with Crippen molar-refractivity contribution >= 4 is 5.97 Å². The van der Waals surface area contributed by atoms with Crippen LogP contribution in [0, 0.1) is 5.92 Å². The Morgan fingerprint density at radius 3 is 2.75 bits per heavy atom. The lowest BCUT2D eigenvalue weighted by Crippen LogP contribution is -2.36. The summed E-state index contributed by atoms with van der Waals surface area (Å²) in [6, 6.07) is 0. The smallest absolute Gasteiger partial charge is 0.333 e. The van der Waals surface area contributed by atoms with Crippen molar-refractivity contribution in [2.24, 2.45) is 5.92 Å². The minimum Gasteiger partial charge on any atom is -0.454 e. The van der Waals surface area contributed by atoms with Crippen molar-refractivity contribution in [3.05, 3.63) is 23.9 Å². The lowest BCUT2D eigenvalue weighted by atomic mass is 9.96. The molecule has 0 N–H and O–H groups in total. The van der Waals surface area contributed by atoms with Gasteiger partial charge in [0.15, 0.2) is 0 Å². The first kappa shape index (κ1) is 11.2. The molecule has 0 aliphatic carbocycles. The van der Waals surface area contributed by atoms with Crippen LogP contribution in [0.15, 0.2) is 23.9 Å². The number of rotatable bonds is 2. The van der Waals surface area contributed by atoms with E-state index in [1.54, 1.807) is 6.08 Å². The van der Waals surface area contributed by atoms with Crippen molar-refractivity contribution in [1.29, 1.82) is 0 Å². The van der Waals surface area contributed by atoms with E-state index in [-0.39, 0.29) is 18.0 Å². The van der Waals surface area contributed by atoms with E-state index in [4.69, 9.17) is 4.74 Å². The molecule has 2 heterocycles. The van der Waals surface area contributed by atoms with E-state index in [1.165, 1.54) is 12.8 Å². The fraction of sp³-hybridized carbons (Fsp3) is 0.615. The molecule has 0 unspecified atom stereocenters. The lowest BCUT2D eigenvalue weighted by molar-refractivity contribution is -0.144. The maximum Gasteiger partial charge on any atom is 0.333 e. The van der Waals surface area contributed by atoms with Gasteiger partial charge in [-0.2, -0.15) is 0 Å². The Kier molecular flexibility index (Phi) is 3.32. The van der Waals surface area contributed by atoms with Crippen LogP contribution in [-0.4, -0.2) is 30.1 Å². The highest BCUT2D eigenvalue weighted by molar-refractivity contribution is 5.84. The summed E-state index contributed by atoms with van der Waals surface area (Å²) in [4.78, 5) is 13.8. The molecule has 0 spiro atoms. The van der Waals surface area contributed by atoms with Crippen LogP contribution >= 0.6 is 0 Å². The first-order valence-electron chi connectivity index (χ1n) is 6.02. The quantitative estimate of drug-likeness (QED) is 0.528. The van der Waals surface area contributed by atoms with Gasteiger partial charge in [0.1, 0.15) is 6.10 Å². The largest absolute Gasteiger partial charge is 0.454 e. The minimum absolute atomic E-state index is 0.0990. The Bertz CT molecular complexity index is 327. The van der Waals surface area contributed by atoms with Gasteiger partial charge in [-0.1, -0.05) is 13.0 Å². The van der Waals surface area contributed by atoms with E-state index < -0.39 is 0 Å². The summed E-state index contributed by atoms with van der Waals surface area (Å²) in [5, 5.41) is 0. The molecular weight excluding hydrogens is 202 g/mol. The number of hydrogen-bond acceptors (Lipinski definition) is 3. The normalized spacial score (nSPS) is 30.8. The van der Waals surface area contributed by atoms with Gasteiger partial charge < -0.3 is 9.64 Å². The summed E-state index contributed by atoms with van der Waals surface area (Å²) in [5.74, 6) is 0.0649. The number of carbonyl (C=O) groups excluding carboxylic acids is 1. The van der Waals surface area contributed by atoms with E-state index in [0.717, 1.165) is 18.8 Å². The summed E-state index contributed by atoms with van der Waals surface area (Å²) in [6.45, 7) is 6.23. The molecule has 0 amide bonds. The number of esters is 1. The van der Waals surface area contributed by atoms with Gasteiger partial charge in [-0.15, -0.1) is 0 Å². The van der Waals surface area contributed by atoms with Gasteiger partial charge in [-0.25, -0.2) is 4.79 Å². The second kappa shape index (κ2) is 4.73. The number of allylic oxidation sites excluding steroid dienone is 1. The third-order valence-electron chi connectivity index (χ3n) is 3.33. The maximum absolute atomic E-state index is 11.5. The number of nitrogens with zero attached hydrogens (tertiary/aromatic N) is 1. The van der Waals surface area contributed by atoms with Gasteiger partial charge in [0.2, 0.25) is 0 Å². The molecule has 3 heteroatoms. The van der Waals surface area contributed by atoms with E-state index in [0.29, 0.717) is 0 Å². The molecule has 3 nitrogen and oxygen atoms in total. The molecule has 2 aliphatic rings. The number of carbonyl (C=O) groups is 1. The first-order valence-corrected chi connectivity index (χ1v) is 6.02. The average Bonchev–Trinajstić information content (AvgIpc) is 2.76. The van der Waals surface area contributed by atoms with Gasteiger partial charge in [0.05, 0.1) is 0 Å². The average molecular weight is 221 g/mol. The Hall–Kier alpha value is -1.25. The zero-order valence-electron chi connectivity index (χ0n) is 9.98. The van der Waals surface area contributed by atoms with Crippen LogP contribution < -0.4 is 0 Å². The molecule has 2 atom stereocenters. The summed E-state index contributed by atoms with van der Waals surface area (Å²) >= 11 is 0. The molecule has 16 heavy (non-hydrogen) atoms. The Labute approximate surface area is 96.8 Å². The molecular formula is C13H19NO2. The van der Waals surface area contributed by atoms with Crippen molar-refractivity contribution in [3.8, 4) is 0 Å². The third-order valence-corrected chi connectivity index (χ3v) is 3.33. The van der Waals surface area contributed by atoms with Crippen LogP contribution in [0.1, 0.15) is 26.7 Å². The first-order chi connectivity index (χ1) is 7.72. The standard InChI is InChI=1S/C13H19NO2/c1-3-6-12-10(2)11(9-13(15)16-12)14-7-4-5-8-14/h3,6,9-10,12H,4-5,7-8H2,1-2H3/b6-3+/t10-,12+/m1/s1. The SMILES string of the molecule is C/C=C/[C@@H]1OC(=O)C=C(N2CCCC2)[C@H]1C. The van der Waals surface area contributed by atoms with Crippen molar-refractivity contribution < 1.29 is 9.53 Å². The van der Waals surface area contributed by atoms with Gasteiger partial charge in [0, 0.05) is 30.8 Å². The maximum atomic E-state index is 11.5. The van der Waals surface area contributed by atoms with Gasteiger partial charge in [-0.3, -0.25) is 0 Å². The number of ether oxygens (including phenoxy) is 1. The molecule has 2 aliphatic heterocycles. The minimum atomic E-state index is -0.205. The van der Waals surface area contributed by atoms with Crippen LogP contribution in [0.2, 0.25) is 0 Å². The van der Waals surface area contributed by atoms with E-state index in [9.17, 15) is 4.79 Å². The lowest BCUT2D eigenvalue weighted by Gasteiger charge is -2.33. The van der Waals surface area contributed by atoms with Gasteiger partial charge in [-0.05, 0) is 25.8 Å². The fourth-order valence-electron chi connectivity index (χ4n) is 2.44. The highest BCUT2D eigenvalue weighted by atomic mass is 16.5. The highest BCUT2D eigenvalue weighted by Crippen LogP contribution is 2.29. The number of cyclic esters (lactones) is 1. The molecule has 88 valence electrons. The van der Waals surface area contributed by atoms with Crippen molar-refractivity contribution in [1.82, 2.24) is 4.90 Å². The predicted molar refractivity (Wildman–Crippen MR) is 62.7 cm³/mol. The summed E-state index contributed by atoms with van der Waals surface area (Å²) in [5.41, 5.74) is 1.15. The molecule has 1 fully saturated rings. The molecule has 0 aromatic rings. The van der Waals surface area contributed by atoms with Crippen molar-refractivity contribution in [3.63, 3.8) is 0 Å². The molecule has 0 aromatic carbocycles. The predicted octanol–water partition coefficient (Wildman–Crippen LogP) is 2.10. The Morgan fingerprint density at radius 1 is 1.44 bits per heavy atom. The highest BCUT2D eigenvalue weighted by Gasteiger charge is 2.31. The van der Waals surface area contributed by atoms with Crippen LogP contribution in [-0.2, 0) is 9.53 Å². The molecule has 1 saturated heterocycles. The second-order valence-electron chi connectivity index (χ2n) is 4.48. The second-order valence-corrected chi connectivity index (χ2v) is 4.48. The number of hydrogen-bond donors (Lipinski definition) is 0. The fourth-order valence-corrected chi connectivity index (χ4v) is 2.44. The van der Waals surface area contributed by atoms with Crippen molar-refractivity contribution in [2.75, 3.05) is 13.1 Å².